The van der Waals surface area contributed by atoms with Crippen LogP contribution in [-0.4, -0.2) is 64.8 Å². The number of hydrogen-bond donors (Lipinski definition) is 0. The lowest BCUT2D eigenvalue weighted by atomic mass is 10.1. The van der Waals surface area contributed by atoms with Crippen LogP contribution in [0.3, 0.4) is 0 Å². The molecule has 11 heteroatoms. The molecule has 1 fully saturated rings. The molecule has 1 saturated heterocycles. The van der Waals surface area contributed by atoms with Crippen molar-refractivity contribution in [2.45, 2.75) is 19.2 Å². The van der Waals surface area contributed by atoms with E-state index in [2.05, 4.69) is 0 Å². The third-order valence-corrected chi connectivity index (χ3v) is 6.69. The molecule has 2 aromatic carbocycles. The Labute approximate surface area is 191 Å². The highest BCUT2D eigenvalue weighted by Crippen LogP contribution is 2.32. The predicted molar refractivity (Wildman–Crippen MR) is 120 cm³/mol. The van der Waals surface area contributed by atoms with Gasteiger partial charge in [0.05, 0.1) is 17.5 Å². The summed E-state index contributed by atoms with van der Waals surface area (Å²) in [5.41, 5.74) is 0.240. The van der Waals surface area contributed by atoms with E-state index in [1.807, 2.05) is 4.90 Å². The zero-order valence-electron chi connectivity index (χ0n) is 18.5. The number of alkyl halides is 3. The maximum atomic E-state index is 13.0. The molecule has 0 unspecified atom stereocenters. The number of nitrogens with zero attached hydrogens (tertiary/aromatic N) is 3. The minimum absolute atomic E-state index is 0.226. The summed E-state index contributed by atoms with van der Waals surface area (Å²) in [7, 11) is -1.94. The summed E-state index contributed by atoms with van der Waals surface area (Å²) in [5, 5.41) is 0. The van der Waals surface area contributed by atoms with E-state index >= 15 is 0 Å². The van der Waals surface area contributed by atoms with E-state index in [9.17, 15) is 26.4 Å². The standard InChI is InChI=1S/C22H26F3N3O4S/c1-16(32-20-9-7-18(8-10-20)26(2)33(3,30)31)21(29)28-13-11-27(12-14-28)19-6-4-5-17(15-19)22(23,24)25/h4-10,15-16H,11-14H2,1-3H3/t16-/m1/s1. The zero-order valence-corrected chi connectivity index (χ0v) is 19.4. The van der Waals surface area contributed by atoms with Crippen molar-refractivity contribution in [1.82, 2.24) is 4.90 Å². The number of benzene rings is 2. The van der Waals surface area contributed by atoms with E-state index < -0.39 is 27.9 Å². The van der Waals surface area contributed by atoms with E-state index in [1.165, 1.54) is 13.1 Å². The Hall–Kier alpha value is -2.95. The molecule has 1 heterocycles. The number of amides is 1. The molecule has 7 nitrogen and oxygen atoms in total. The second-order valence-corrected chi connectivity index (χ2v) is 9.86. The summed E-state index contributed by atoms with van der Waals surface area (Å²) in [6.45, 7) is 3.17. The Morgan fingerprint density at radius 2 is 1.67 bits per heavy atom. The number of piperazine rings is 1. The van der Waals surface area contributed by atoms with Crippen LogP contribution in [0.5, 0.6) is 5.75 Å². The van der Waals surface area contributed by atoms with Crippen LogP contribution in [0.2, 0.25) is 0 Å². The summed E-state index contributed by atoms with van der Waals surface area (Å²) in [4.78, 5) is 16.2. The molecule has 1 aliphatic heterocycles. The number of carbonyl (C=O) groups excluding carboxylic acids is 1. The number of rotatable bonds is 6. The lowest BCUT2D eigenvalue weighted by Gasteiger charge is -2.37. The van der Waals surface area contributed by atoms with Gasteiger partial charge in [-0.05, 0) is 49.4 Å². The molecule has 0 radical (unpaired) electrons. The topological polar surface area (TPSA) is 70.2 Å². The lowest BCUT2D eigenvalue weighted by molar-refractivity contribution is -0.138. The maximum Gasteiger partial charge on any atom is 0.416 e. The highest BCUT2D eigenvalue weighted by Gasteiger charge is 2.31. The van der Waals surface area contributed by atoms with Crippen LogP contribution >= 0.6 is 0 Å². The molecule has 0 aromatic heterocycles. The fourth-order valence-corrected chi connectivity index (χ4v) is 4.01. The first-order valence-electron chi connectivity index (χ1n) is 10.3. The second kappa shape index (κ2) is 9.50. The molecule has 1 atom stereocenters. The average Bonchev–Trinajstić information content (AvgIpc) is 2.77. The van der Waals surface area contributed by atoms with Crippen molar-refractivity contribution in [2.75, 3.05) is 48.7 Å². The quantitative estimate of drug-likeness (QED) is 0.629. The maximum absolute atomic E-state index is 13.0. The molecule has 3 rings (SSSR count). The van der Waals surface area contributed by atoms with Crippen molar-refractivity contribution in [3.05, 3.63) is 54.1 Å². The molecule has 33 heavy (non-hydrogen) atoms. The Morgan fingerprint density at radius 1 is 1.06 bits per heavy atom. The minimum atomic E-state index is -4.40. The van der Waals surface area contributed by atoms with Gasteiger partial charge in [0.2, 0.25) is 10.0 Å². The first kappa shape index (κ1) is 24.7. The monoisotopic (exact) mass is 485 g/mol. The van der Waals surface area contributed by atoms with Gasteiger partial charge < -0.3 is 14.5 Å². The third-order valence-electron chi connectivity index (χ3n) is 5.49. The van der Waals surface area contributed by atoms with Gasteiger partial charge in [0.1, 0.15) is 5.75 Å². The highest BCUT2D eigenvalue weighted by molar-refractivity contribution is 7.92. The fraction of sp³-hybridized carbons (Fsp3) is 0.409. The van der Waals surface area contributed by atoms with Gasteiger partial charge in [-0.1, -0.05) is 6.07 Å². The number of sulfonamides is 1. The van der Waals surface area contributed by atoms with Gasteiger partial charge in [-0.2, -0.15) is 13.2 Å². The smallest absolute Gasteiger partial charge is 0.416 e. The number of carbonyl (C=O) groups is 1. The van der Waals surface area contributed by atoms with Crippen LogP contribution < -0.4 is 13.9 Å². The number of anilines is 2. The Kier molecular flexibility index (Phi) is 7.11. The fourth-order valence-electron chi connectivity index (χ4n) is 3.50. The molecule has 0 bridgehead atoms. The molecule has 0 spiro atoms. The van der Waals surface area contributed by atoms with Crippen LogP contribution in [0.4, 0.5) is 24.5 Å². The van der Waals surface area contributed by atoms with E-state index in [0.717, 1.165) is 22.7 Å². The van der Waals surface area contributed by atoms with Crippen molar-refractivity contribution in [1.29, 1.82) is 0 Å². The van der Waals surface area contributed by atoms with Gasteiger partial charge in [0.15, 0.2) is 6.10 Å². The van der Waals surface area contributed by atoms with Crippen molar-refractivity contribution in [3.63, 3.8) is 0 Å². The second-order valence-electron chi connectivity index (χ2n) is 7.84. The summed E-state index contributed by atoms with van der Waals surface area (Å²) >= 11 is 0. The highest BCUT2D eigenvalue weighted by atomic mass is 32.2. The van der Waals surface area contributed by atoms with Crippen LogP contribution in [0.1, 0.15) is 12.5 Å². The number of hydrogen-bond acceptors (Lipinski definition) is 5. The van der Waals surface area contributed by atoms with Crippen molar-refractivity contribution >= 4 is 27.3 Å². The lowest BCUT2D eigenvalue weighted by Crippen LogP contribution is -2.52. The van der Waals surface area contributed by atoms with Gasteiger partial charge in [-0.25, -0.2) is 8.42 Å². The van der Waals surface area contributed by atoms with Gasteiger partial charge in [-0.15, -0.1) is 0 Å². The Bertz CT molecular complexity index is 1080. The zero-order chi connectivity index (χ0) is 24.4. The minimum Gasteiger partial charge on any atom is -0.481 e. The van der Waals surface area contributed by atoms with Crippen LogP contribution in [-0.2, 0) is 21.0 Å². The van der Waals surface area contributed by atoms with Gasteiger partial charge in [0, 0.05) is 38.9 Å². The summed E-state index contributed by atoms with van der Waals surface area (Å²) in [6.07, 6.45) is -4.08. The summed E-state index contributed by atoms with van der Waals surface area (Å²) in [5.74, 6) is 0.195. The summed E-state index contributed by atoms with van der Waals surface area (Å²) in [6, 6.07) is 11.5. The van der Waals surface area contributed by atoms with Crippen molar-refractivity contribution in [3.8, 4) is 5.75 Å². The van der Waals surface area contributed by atoms with E-state index in [-0.39, 0.29) is 5.91 Å². The predicted octanol–water partition coefficient (Wildman–Crippen LogP) is 3.22. The number of ether oxygens (including phenoxy) is 1. The molecule has 0 saturated carbocycles. The molecule has 2 aromatic rings. The Balaban J connectivity index is 1.56. The normalized spacial score (nSPS) is 15.8. The average molecular weight is 486 g/mol. The van der Waals surface area contributed by atoms with Crippen LogP contribution in [0.25, 0.3) is 0 Å². The molecule has 0 N–H and O–H groups in total. The van der Waals surface area contributed by atoms with Crippen molar-refractivity contribution < 1.29 is 31.1 Å². The van der Waals surface area contributed by atoms with Crippen LogP contribution in [0.15, 0.2) is 48.5 Å². The van der Waals surface area contributed by atoms with E-state index in [4.69, 9.17) is 4.74 Å². The first-order chi connectivity index (χ1) is 15.4. The van der Waals surface area contributed by atoms with Crippen LogP contribution in [0, 0.1) is 0 Å². The third kappa shape index (κ3) is 6.10. The SMILES string of the molecule is C[C@@H](Oc1ccc(N(C)S(C)(=O)=O)cc1)C(=O)N1CCN(c2cccc(C(F)(F)F)c2)CC1. The van der Waals surface area contributed by atoms with Gasteiger partial charge in [0.25, 0.3) is 5.91 Å². The van der Waals surface area contributed by atoms with E-state index in [0.29, 0.717) is 43.3 Å². The Morgan fingerprint density at radius 3 is 2.21 bits per heavy atom. The molecular formula is C22H26F3N3O4S. The molecular weight excluding hydrogens is 459 g/mol. The first-order valence-corrected chi connectivity index (χ1v) is 12.1. The van der Waals surface area contributed by atoms with Crippen molar-refractivity contribution in [2.24, 2.45) is 0 Å². The van der Waals surface area contributed by atoms with E-state index in [1.54, 1.807) is 42.2 Å². The molecule has 180 valence electrons. The number of halogens is 3. The largest absolute Gasteiger partial charge is 0.481 e. The molecule has 0 aliphatic carbocycles. The van der Waals surface area contributed by atoms with Gasteiger partial charge >= 0.3 is 6.18 Å². The molecule has 1 aliphatic rings. The molecule has 1 amide bonds. The summed E-state index contributed by atoms with van der Waals surface area (Å²) < 4.78 is 69.0. The van der Waals surface area contributed by atoms with Gasteiger partial charge in [-0.3, -0.25) is 9.10 Å².